The summed E-state index contributed by atoms with van der Waals surface area (Å²) in [5, 5.41) is 21.6. The number of ether oxygens (including phenoxy) is 2. The molecule has 4 unspecified atom stereocenters. The van der Waals surface area contributed by atoms with Crippen molar-refractivity contribution in [3.05, 3.63) is 90.1 Å². The second kappa shape index (κ2) is 21.2. The van der Waals surface area contributed by atoms with Gasteiger partial charge in [-0.2, -0.15) is 8.42 Å². The summed E-state index contributed by atoms with van der Waals surface area (Å²) in [4.78, 5) is 56.3. The van der Waals surface area contributed by atoms with Crippen LogP contribution in [0, 0.1) is 10.8 Å². The molecule has 0 saturated heterocycles. The molecule has 56 heavy (non-hydrogen) atoms. The van der Waals surface area contributed by atoms with E-state index in [0.29, 0.717) is 0 Å². The molecule has 0 radical (unpaired) electrons. The Balaban J connectivity index is 0.00000203. The average molecular weight is 803 g/mol. The zero-order chi connectivity index (χ0) is 42.3. The third-order valence-electron chi connectivity index (χ3n) is 8.21. The number of nitrogens with zero attached hydrogens (tertiary/aromatic N) is 2. The molecule has 0 aliphatic carbocycles. The molecular formula is C38H54N6O11S. The Morgan fingerprint density at radius 2 is 1.23 bits per heavy atom. The quantitative estimate of drug-likeness (QED) is 0.0912. The van der Waals surface area contributed by atoms with Crippen LogP contribution >= 0.6 is 0 Å². The van der Waals surface area contributed by atoms with E-state index in [-0.39, 0.29) is 19.5 Å². The van der Waals surface area contributed by atoms with Crippen LogP contribution in [0.25, 0.3) is 11.3 Å². The summed E-state index contributed by atoms with van der Waals surface area (Å²) in [6.07, 6.45) is -0.778. The number of aromatic nitrogens is 1. The van der Waals surface area contributed by atoms with Gasteiger partial charge in [0.1, 0.15) is 12.1 Å². The van der Waals surface area contributed by atoms with Gasteiger partial charge in [0.05, 0.1) is 32.1 Å². The molecule has 4 amide bonds. The van der Waals surface area contributed by atoms with E-state index in [0.717, 1.165) is 22.4 Å². The number of alkyl carbamates (subject to hydrolysis) is 2. The number of nitrogens with one attached hydrogen (secondary N) is 4. The Morgan fingerprint density at radius 1 is 0.732 bits per heavy atom. The van der Waals surface area contributed by atoms with Crippen molar-refractivity contribution in [2.45, 2.75) is 78.7 Å². The van der Waals surface area contributed by atoms with Gasteiger partial charge in [0.2, 0.25) is 5.91 Å². The first kappa shape index (κ1) is 47.0. The second-order valence-electron chi connectivity index (χ2n) is 15.0. The molecular weight excluding hydrogens is 749 g/mol. The molecule has 18 heteroatoms. The molecule has 0 aliphatic rings. The fourth-order valence-electron chi connectivity index (χ4n) is 5.38. The Hall–Kier alpha value is -5.14. The van der Waals surface area contributed by atoms with E-state index < -0.39 is 69.5 Å². The van der Waals surface area contributed by atoms with Crippen LogP contribution < -0.4 is 21.4 Å². The number of pyridine rings is 1. The minimum absolute atomic E-state index is 0.120. The fraction of sp³-hybridized carbons (Fsp3) is 0.447. The number of hydrogen-bond donors (Lipinski definition) is 7. The molecule has 1 heterocycles. The van der Waals surface area contributed by atoms with Gasteiger partial charge in [-0.15, -0.1) is 0 Å². The number of methoxy groups -OCH3 is 2. The van der Waals surface area contributed by atoms with Crippen molar-refractivity contribution in [2.24, 2.45) is 10.8 Å². The number of aliphatic hydroxyl groups is 1. The zero-order valence-electron chi connectivity index (χ0n) is 32.8. The molecule has 0 spiro atoms. The highest BCUT2D eigenvalue weighted by Gasteiger charge is 2.37. The monoisotopic (exact) mass is 802 g/mol. The van der Waals surface area contributed by atoms with E-state index in [4.69, 9.17) is 27.0 Å². The van der Waals surface area contributed by atoms with Crippen molar-refractivity contribution in [1.82, 2.24) is 31.4 Å². The van der Waals surface area contributed by atoms with Crippen LogP contribution in [-0.2, 0) is 42.4 Å². The van der Waals surface area contributed by atoms with Gasteiger partial charge in [0.15, 0.2) is 0 Å². The normalized spacial score (nSPS) is 13.8. The van der Waals surface area contributed by atoms with E-state index in [2.05, 4.69) is 26.4 Å². The first-order valence-electron chi connectivity index (χ1n) is 17.5. The Kier molecular flexibility index (Phi) is 17.8. The number of rotatable bonds is 14. The third-order valence-corrected chi connectivity index (χ3v) is 8.21. The first-order valence-corrected chi connectivity index (χ1v) is 18.9. The molecule has 0 fully saturated rings. The van der Waals surface area contributed by atoms with E-state index >= 15 is 0 Å². The lowest BCUT2D eigenvalue weighted by molar-refractivity contribution is -0.132. The number of amides is 4. The summed E-state index contributed by atoms with van der Waals surface area (Å²) in [6.45, 7) is 10.9. The van der Waals surface area contributed by atoms with Crippen LogP contribution in [0.5, 0.6) is 0 Å². The predicted molar refractivity (Wildman–Crippen MR) is 208 cm³/mol. The predicted octanol–water partition coefficient (Wildman–Crippen LogP) is 3.56. The number of carbonyl (C=O) groups excluding carboxylic acids is 4. The maximum Gasteiger partial charge on any atom is 0.407 e. The minimum Gasteiger partial charge on any atom is -0.453 e. The summed E-state index contributed by atoms with van der Waals surface area (Å²) in [5.41, 5.74) is 4.88. The van der Waals surface area contributed by atoms with Crippen molar-refractivity contribution in [3.63, 3.8) is 0 Å². The maximum atomic E-state index is 13.8. The van der Waals surface area contributed by atoms with Crippen LogP contribution in [-0.4, -0.2) is 102 Å². The fourth-order valence-corrected chi connectivity index (χ4v) is 5.38. The number of aliphatic hydroxyl groups excluding tert-OH is 1. The highest BCUT2D eigenvalue weighted by Crippen LogP contribution is 2.23. The molecule has 7 N–H and O–H groups in total. The molecule has 1 aromatic heterocycles. The van der Waals surface area contributed by atoms with Gasteiger partial charge in [0, 0.05) is 24.8 Å². The van der Waals surface area contributed by atoms with Crippen molar-refractivity contribution >= 4 is 34.4 Å². The van der Waals surface area contributed by atoms with Crippen molar-refractivity contribution < 1.29 is 51.3 Å². The van der Waals surface area contributed by atoms with Crippen LogP contribution in [0.2, 0.25) is 0 Å². The highest BCUT2D eigenvalue weighted by molar-refractivity contribution is 7.79. The van der Waals surface area contributed by atoms with Crippen LogP contribution in [0.4, 0.5) is 9.59 Å². The first-order chi connectivity index (χ1) is 26.0. The minimum atomic E-state index is -4.67. The molecule has 17 nitrogen and oxygen atoms in total. The Bertz CT molecular complexity index is 1810. The lowest BCUT2D eigenvalue weighted by Crippen LogP contribution is -2.60. The number of benzene rings is 2. The summed E-state index contributed by atoms with van der Waals surface area (Å²) in [5.74, 6) is -1.03. The van der Waals surface area contributed by atoms with Gasteiger partial charge >= 0.3 is 22.6 Å². The van der Waals surface area contributed by atoms with E-state index in [1.54, 1.807) is 32.0 Å². The molecule has 0 bridgehead atoms. The number of hydrogen-bond acceptors (Lipinski definition) is 11. The largest absolute Gasteiger partial charge is 0.453 e. The van der Waals surface area contributed by atoms with Crippen molar-refractivity contribution in [2.75, 3.05) is 20.8 Å². The number of carbonyl (C=O) groups is 4. The lowest BCUT2D eigenvalue weighted by Gasteiger charge is -2.35. The van der Waals surface area contributed by atoms with Crippen LogP contribution in [0.15, 0.2) is 79.0 Å². The van der Waals surface area contributed by atoms with E-state index in [1.165, 1.54) is 14.2 Å². The van der Waals surface area contributed by atoms with Crippen molar-refractivity contribution in [1.29, 1.82) is 0 Å². The standard InChI is InChI=1S/C38H52N6O7.H2O4S/c1-37(2,3)31(41-35(48)50-7)33(46)40-29(22-25-14-10-9-11-15-25)30(45)24-44(43-34(47)32(38(4,5)6)42-36(49)51-8)23-26-17-19-27(20-18-26)28-16-12-13-21-39-28;1-5(2,3)4/h9-21,29-32,45H,22-24H2,1-8H3,(H,40,46)(H,41,48)(H,42,49)(H,43,47);(H2,1,2,3,4). The lowest BCUT2D eigenvalue weighted by atomic mass is 9.85. The Labute approximate surface area is 328 Å². The maximum absolute atomic E-state index is 13.8. The smallest absolute Gasteiger partial charge is 0.407 e. The summed E-state index contributed by atoms with van der Waals surface area (Å²) >= 11 is 0. The van der Waals surface area contributed by atoms with E-state index in [9.17, 15) is 24.3 Å². The van der Waals surface area contributed by atoms with Crippen molar-refractivity contribution in [3.8, 4) is 11.3 Å². The molecule has 4 atom stereocenters. The molecule has 2 aromatic carbocycles. The third kappa shape index (κ3) is 17.1. The van der Waals surface area contributed by atoms with Gasteiger partial charge in [0.25, 0.3) is 5.91 Å². The molecule has 3 rings (SSSR count). The van der Waals surface area contributed by atoms with Gasteiger partial charge < -0.3 is 30.5 Å². The van der Waals surface area contributed by atoms with Gasteiger partial charge in [-0.05, 0) is 40.5 Å². The molecule has 308 valence electrons. The average Bonchev–Trinajstić information content (AvgIpc) is 3.11. The summed E-state index contributed by atoms with van der Waals surface area (Å²) < 4.78 is 41.1. The summed E-state index contributed by atoms with van der Waals surface area (Å²) in [6, 6.07) is 19.8. The van der Waals surface area contributed by atoms with Crippen LogP contribution in [0.1, 0.15) is 52.7 Å². The topological polar surface area (TPSA) is 246 Å². The zero-order valence-corrected chi connectivity index (χ0v) is 33.7. The Morgan fingerprint density at radius 3 is 1.70 bits per heavy atom. The van der Waals surface area contributed by atoms with Crippen LogP contribution in [0.3, 0.4) is 0 Å². The SMILES string of the molecule is COC(=O)NC(C(=O)NC(Cc1ccccc1)C(O)CN(Cc1ccc(-c2ccccn2)cc1)NC(=O)C(NC(=O)OC)C(C)(C)C)C(C)(C)C.O=S(=O)(O)O. The van der Waals surface area contributed by atoms with Gasteiger partial charge in [-0.3, -0.25) is 29.1 Å². The van der Waals surface area contributed by atoms with E-state index in [1.807, 2.05) is 93.6 Å². The second-order valence-corrected chi connectivity index (χ2v) is 15.9. The molecule has 0 aliphatic heterocycles. The molecule has 3 aromatic rings. The van der Waals surface area contributed by atoms with Gasteiger partial charge in [-0.25, -0.2) is 14.6 Å². The highest BCUT2D eigenvalue weighted by atomic mass is 32.3. The number of hydrazine groups is 1. The van der Waals surface area contributed by atoms with Gasteiger partial charge in [-0.1, -0.05) is 102 Å². The summed E-state index contributed by atoms with van der Waals surface area (Å²) in [7, 11) is -2.23. The molecule has 0 saturated carbocycles.